The molecule has 3 rings (SSSR count). The first-order chi connectivity index (χ1) is 14.1. The molecule has 0 aliphatic carbocycles. The van der Waals surface area contributed by atoms with Gasteiger partial charge in [0.25, 0.3) is 15.9 Å². The van der Waals surface area contributed by atoms with Gasteiger partial charge in [0.1, 0.15) is 12.1 Å². The number of nitrogens with one attached hydrogen (secondary N) is 2. The van der Waals surface area contributed by atoms with Crippen LogP contribution in [-0.2, 0) is 22.7 Å². The summed E-state index contributed by atoms with van der Waals surface area (Å²) in [5.74, 6) is -2.05. The van der Waals surface area contributed by atoms with Crippen LogP contribution in [0.4, 0.5) is 22.7 Å². The molecule has 0 unspecified atom stereocenters. The number of nitrogens with zero attached hydrogens (tertiary/aromatic N) is 2. The molecule has 13 heteroatoms. The van der Waals surface area contributed by atoms with Gasteiger partial charge >= 0.3 is 6.18 Å². The highest BCUT2D eigenvalue weighted by molar-refractivity contribution is 7.93. The molecule has 0 aliphatic heterocycles. The Morgan fingerprint density at radius 2 is 1.80 bits per heavy atom. The largest absolute Gasteiger partial charge is 0.419 e. The van der Waals surface area contributed by atoms with Gasteiger partial charge in [0.05, 0.1) is 10.5 Å². The molecule has 0 radical (unpaired) electrons. The van der Waals surface area contributed by atoms with E-state index in [9.17, 15) is 30.8 Å². The van der Waals surface area contributed by atoms with Crippen LogP contribution >= 0.6 is 11.5 Å². The Kier molecular flexibility index (Phi) is 6.03. The highest BCUT2D eigenvalue weighted by atomic mass is 32.2. The fraction of sp³-hybridized carbons (Fsp3) is 0.118. The van der Waals surface area contributed by atoms with E-state index in [1.165, 1.54) is 30.6 Å². The summed E-state index contributed by atoms with van der Waals surface area (Å²) >= 11 is 0.856. The molecule has 158 valence electrons. The molecule has 3 aromatic rings. The summed E-state index contributed by atoms with van der Waals surface area (Å²) in [7, 11) is -3.91. The first-order valence-electron chi connectivity index (χ1n) is 8.09. The Labute approximate surface area is 172 Å². The van der Waals surface area contributed by atoms with Gasteiger partial charge in [0.15, 0.2) is 0 Å². The van der Waals surface area contributed by atoms with Crippen molar-refractivity contribution in [2.24, 2.45) is 0 Å². The lowest BCUT2D eigenvalue weighted by Crippen LogP contribution is -2.23. The quantitative estimate of drug-likeness (QED) is 0.549. The van der Waals surface area contributed by atoms with E-state index >= 15 is 0 Å². The minimum Gasteiger partial charge on any atom is -0.348 e. The van der Waals surface area contributed by atoms with E-state index in [0.29, 0.717) is 12.1 Å². The first kappa shape index (κ1) is 21.6. The van der Waals surface area contributed by atoms with Gasteiger partial charge in [-0.25, -0.2) is 17.8 Å². The molecular weight excluding hydrogens is 448 g/mol. The van der Waals surface area contributed by atoms with Crippen molar-refractivity contribution in [2.45, 2.75) is 17.6 Å². The number of carbonyl (C=O) groups excluding carboxylic acids is 1. The molecule has 2 aromatic carbocycles. The second-order valence-electron chi connectivity index (χ2n) is 5.87. The Balaban J connectivity index is 1.64. The van der Waals surface area contributed by atoms with Crippen molar-refractivity contribution in [1.82, 2.24) is 14.7 Å². The van der Waals surface area contributed by atoms with Crippen molar-refractivity contribution in [3.05, 3.63) is 71.3 Å². The Morgan fingerprint density at radius 1 is 1.10 bits per heavy atom. The summed E-state index contributed by atoms with van der Waals surface area (Å²) in [5, 5.41) is 2.51. The molecule has 0 spiro atoms. The number of aromatic nitrogens is 2. The van der Waals surface area contributed by atoms with Gasteiger partial charge in [-0.05, 0) is 42.0 Å². The van der Waals surface area contributed by atoms with Crippen LogP contribution in [0.1, 0.15) is 21.5 Å². The number of halogens is 4. The summed E-state index contributed by atoms with van der Waals surface area (Å²) in [6.07, 6.45) is -3.61. The average Bonchev–Trinajstić information content (AvgIpc) is 3.17. The van der Waals surface area contributed by atoms with E-state index in [0.717, 1.165) is 17.6 Å². The molecule has 0 atom stereocenters. The van der Waals surface area contributed by atoms with Crippen molar-refractivity contribution >= 4 is 32.6 Å². The normalized spacial score (nSPS) is 11.9. The second kappa shape index (κ2) is 8.36. The lowest BCUT2D eigenvalue weighted by atomic mass is 10.1. The zero-order chi connectivity index (χ0) is 21.9. The zero-order valence-corrected chi connectivity index (χ0v) is 16.4. The minimum atomic E-state index is -4.81. The number of hydrogen-bond acceptors (Lipinski definition) is 6. The lowest BCUT2D eigenvalue weighted by Gasteiger charge is -2.10. The number of hydrogen-bond donors (Lipinski definition) is 2. The van der Waals surface area contributed by atoms with Crippen LogP contribution < -0.4 is 10.0 Å². The standard InChI is InChI=1S/C17H12F4N4O3S2/c18-14-7-10(1-6-13(14)17(19,20)21)8-22-15(26)11-2-4-12(5-3-11)30(27,28)25-16-23-9-24-29-16/h1-7,9H,8H2,(H,22,26)(H,23,24,25). The second-order valence-corrected chi connectivity index (χ2v) is 8.33. The van der Waals surface area contributed by atoms with Crippen LogP contribution in [0.5, 0.6) is 0 Å². The molecule has 0 saturated heterocycles. The van der Waals surface area contributed by atoms with Crippen molar-refractivity contribution in [2.75, 3.05) is 4.72 Å². The SMILES string of the molecule is O=C(NCc1ccc(C(F)(F)F)c(F)c1)c1ccc(S(=O)(=O)Nc2ncns2)cc1. The van der Waals surface area contributed by atoms with Crippen LogP contribution in [0.25, 0.3) is 0 Å². The van der Waals surface area contributed by atoms with Crippen LogP contribution in [-0.4, -0.2) is 23.7 Å². The summed E-state index contributed by atoms with van der Waals surface area (Å²) < 4.78 is 81.7. The number of carbonyl (C=O) groups is 1. The van der Waals surface area contributed by atoms with Gasteiger partial charge in [-0.2, -0.15) is 17.5 Å². The maximum absolute atomic E-state index is 13.6. The third kappa shape index (κ3) is 5.10. The smallest absolute Gasteiger partial charge is 0.348 e. The molecule has 1 aromatic heterocycles. The van der Waals surface area contributed by atoms with E-state index in [1.807, 2.05) is 0 Å². The zero-order valence-electron chi connectivity index (χ0n) is 14.8. The van der Waals surface area contributed by atoms with Gasteiger partial charge in [0.2, 0.25) is 5.13 Å². The van der Waals surface area contributed by atoms with Gasteiger partial charge < -0.3 is 5.32 Å². The van der Waals surface area contributed by atoms with Crippen LogP contribution in [0.3, 0.4) is 0 Å². The van der Waals surface area contributed by atoms with E-state index in [2.05, 4.69) is 19.4 Å². The van der Waals surface area contributed by atoms with Crippen LogP contribution in [0, 0.1) is 5.82 Å². The van der Waals surface area contributed by atoms with E-state index in [4.69, 9.17) is 0 Å². The van der Waals surface area contributed by atoms with Crippen molar-refractivity contribution in [3.63, 3.8) is 0 Å². The van der Waals surface area contributed by atoms with E-state index in [1.54, 1.807) is 0 Å². The lowest BCUT2D eigenvalue weighted by molar-refractivity contribution is -0.140. The third-order valence-corrected chi connectivity index (χ3v) is 5.87. The molecule has 0 aliphatic rings. The topological polar surface area (TPSA) is 101 Å². The molecule has 0 bridgehead atoms. The molecular formula is C17H12F4N4O3S2. The van der Waals surface area contributed by atoms with Gasteiger partial charge in [-0.3, -0.25) is 9.52 Å². The molecule has 2 N–H and O–H groups in total. The monoisotopic (exact) mass is 460 g/mol. The third-order valence-electron chi connectivity index (χ3n) is 3.80. The number of alkyl halides is 3. The maximum atomic E-state index is 13.6. The Morgan fingerprint density at radius 3 is 2.37 bits per heavy atom. The summed E-state index contributed by atoms with van der Waals surface area (Å²) in [6.45, 7) is -0.216. The van der Waals surface area contributed by atoms with Crippen molar-refractivity contribution in [1.29, 1.82) is 0 Å². The van der Waals surface area contributed by atoms with Gasteiger partial charge in [-0.1, -0.05) is 6.07 Å². The van der Waals surface area contributed by atoms with Crippen molar-refractivity contribution in [3.8, 4) is 0 Å². The predicted octanol–water partition coefficient (Wildman–Crippen LogP) is 3.43. The first-order valence-corrected chi connectivity index (χ1v) is 10.4. The van der Waals surface area contributed by atoms with Crippen molar-refractivity contribution < 1.29 is 30.8 Å². The summed E-state index contributed by atoms with van der Waals surface area (Å²) in [4.78, 5) is 15.8. The molecule has 0 fully saturated rings. The molecule has 1 heterocycles. The van der Waals surface area contributed by atoms with Crippen LogP contribution in [0.2, 0.25) is 0 Å². The number of amides is 1. The van der Waals surface area contributed by atoms with E-state index < -0.39 is 33.5 Å². The number of benzene rings is 2. The fourth-order valence-electron chi connectivity index (χ4n) is 2.36. The van der Waals surface area contributed by atoms with Gasteiger partial charge in [0, 0.05) is 23.6 Å². The molecule has 7 nitrogen and oxygen atoms in total. The molecule has 30 heavy (non-hydrogen) atoms. The highest BCUT2D eigenvalue weighted by Crippen LogP contribution is 2.31. The van der Waals surface area contributed by atoms with Gasteiger partial charge in [-0.15, -0.1) is 0 Å². The summed E-state index contributed by atoms with van der Waals surface area (Å²) in [6, 6.07) is 7.28. The maximum Gasteiger partial charge on any atom is 0.419 e. The fourth-order valence-corrected chi connectivity index (χ4v) is 4.02. The molecule has 0 saturated carbocycles. The Hall–Kier alpha value is -3.06. The number of rotatable bonds is 6. The number of anilines is 1. The van der Waals surface area contributed by atoms with Crippen LogP contribution in [0.15, 0.2) is 53.7 Å². The number of sulfonamides is 1. The van der Waals surface area contributed by atoms with E-state index in [-0.39, 0.29) is 27.7 Å². The average molecular weight is 460 g/mol. The Bertz CT molecular complexity index is 1150. The summed E-state index contributed by atoms with van der Waals surface area (Å²) in [5.41, 5.74) is -1.15. The predicted molar refractivity (Wildman–Crippen MR) is 99.7 cm³/mol. The molecule has 1 amide bonds. The highest BCUT2D eigenvalue weighted by Gasteiger charge is 2.33. The minimum absolute atomic E-state index is 0.0839.